The van der Waals surface area contributed by atoms with E-state index in [1.54, 1.807) is 13.0 Å². The Kier molecular flexibility index (Phi) is 4.75. The predicted molar refractivity (Wildman–Crippen MR) is 97.4 cm³/mol. The summed E-state index contributed by atoms with van der Waals surface area (Å²) in [6, 6.07) is 7.20. The molecule has 3 aromatic rings. The summed E-state index contributed by atoms with van der Waals surface area (Å²) >= 11 is 0. The van der Waals surface area contributed by atoms with Crippen LogP contribution in [-0.2, 0) is 0 Å². The van der Waals surface area contributed by atoms with Gasteiger partial charge < -0.3 is 14.3 Å². The fraction of sp³-hybridized carbons (Fsp3) is 0.250. The lowest BCUT2D eigenvalue weighted by atomic mass is 10.0. The van der Waals surface area contributed by atoms with Gasteiger partial charge in [-0.05, 0) is 36.8 Å². The van der Waals surface area contributed by atoms with Gasteiger partial charge in [-0.1, -0.05) is 13.8 Å². The molecule has 1 heterocycles. The van der Waals surface area contributed by atoms with E-state index in [-0.39, 0.29) is 45.3 Å². The Balaban J connectivity index is 2.37. The van der Waals surface area contributed by atoms with Gasteiger partial charge in [-0.3, -0.25) is 9.59 Å². The highest BCUT2D eigenvalue weighted by atomic mass is 16.5. The predicted octanol–water partition coefficient (Wildman–Crippen LogP) is 4.03. The number of carbonyl (C=O) groups is 2. The second-order valence-electron chi connectivity index (χ2n) is 5.92. The molecule has 0 fully saturated rings. The number of carboxylic acids is 1. The maximum absolute atomic E-state index is 12.9. The van der Waals surface area contributed by atoms with Crippen molar-refractivity contribution >= 4 is 33.7 Å². The van der Waals surface area contributed by atoms with Gasteiger partial charge in [0.15, 0.2) is 5.78 Å². The van der Waals surface area contributed by atoms with E-state index in [9.17, 15) is 14.4 Å². The number of rotatable bonds is 6. The van der Waals surface area contributed by atoms with Crippen LogP contribution < -0.4 is 10.2 Å². The fourth-order valence-corrected chi connectivity index (χ4v) is 2.77. The molecule has 1 N–H and O–H groups in total. The van der Waals surface area contributed by atoms with Crippen LogP contribution in [0.2, 0.25) is 0 Å². The normalized spacial score (nSPS) is 11.0. The van der Waals surface area contributed by atoms with Crippen LogP contribution in [0.1, 0.15) is 47.4 Å². The van der Waals surface area contributed by atoms with Gasteiger partial charge in [0.05, 0.1) is 28.5 Å². The minimum Gasteiger partial charge on any atom is -0.494 e. The molecule has 0 amide bonds. The van der Waals surface area contributed by atoms with E-state index in [0.29, 0.717) is 12.4 Å². The van der Waals surface area contributed by atoms with Crippen molar-refractivity contribution in [2.75, 3.05) is 6.61 Å². The summed E-state index contributed by atoms with van der Waals surface area (Å²) in [6.07, 6.45) is 1.04. The molecule has 0 aliphatic rings. The molecule has 3 rings (SSSR count). The zero-order valence-corrected chi connectivity index (χ0v) is 14.5. The Labute approximate surface area is 149 Å². The largest absolute Gasteiger partial charge is 0.494 e. The zero-order valence-electron chi connectivity index (χ0n) is 14.5. The zero-order chi connectivity index (χ0) is 18.8. The highest BCUT2D eigenvalue weighted by Crippen LogP contribution is 2.28. The number of hydrogen-bond acceptors (Lipinski definition) is 5. The van der Waals surface area contributed by atoms with Crippen LogP contribution in [0, 0.1) is 0 Å². The number of carbonyl (C=O) groups excluding carboxylic acids is 1. The quantitative estimate of drug-likeness (QED) is 0.531. The average Bonchev–Trinajstić information content (AvgIpc) is 2.65. The number of benzene rings is 2. The molecule has 0 saturated carbocycles. The summed E-state index contributed by atoms with van der Waals surface area (Å²) in [4.78, 5) is 36.5. The maximum atomic E-state index is 12.9. The number of carboxylic acid groups (broad SMARTS) is 1. The van der Waals surface area contributed by atoms with Crippen LogP contribution in [0.4, 0.5) is 0 Å². The summed E-state index contributed by atoms with van der Waals surface area (Å²) in [5.74, 6) is -0.882. The average molecular weight is 354 g/mol. The SMILES string of the molecule is CCCOc1cc(C(=O)CC)c2oc3ccc(C(=O)O)cc3c(=O)c2c1. The molecule has 2 aromatic carbocycles. The van der Waals surface area contributed by atoms with E-state index in [1.807, 2.05) is 6.92 Å². The third kappa shape index (κ3) is 3.06. The summed E-state index contributed by atoms with van der Waals surface area (Å²) in [6.45, 7) is 4.13. The molecule has 134 valence electrons. The van der Waals surface area contributed by atoms with Crippen molar-refractivity contribution in [1.82, 2.24) is 0 Å². The van der Waals surface area contributed by atoms with Crippen molar-refractivity contribution in [2.45, 2.75) is 26.7 Å². The van der Waals surface area contributed by atoms with Crippen molar-refractivity contribution in [3.05, 3.63) is 51.7 Å². The van der Waals surface area contributed by atoms with Gasteiger partial charge in [-0.2, -0.15) is 0 Å². The van der Waals surface area contributed by atoms with Crippen molar-refractivity contribution in [1.29, 1.82) is 0 Å². The van der Waals surface area contributed by atoms with Crippen molar-refractivity contribution < 1.29 is 23.8 Å². The number of ether oxygens (including phenoxy) is 1. The summed E-state index contributed by atoms with van der Waals surface area (Å²) in [5.41, 5.74) is 0.322. The smallest absolute Gasteiger partial charge is 0.335 e. The highest BCUT2D eigenvalue weighted by Gasteiger charge is 2.18. The van der Waals surface area contributed by atoms with Gasteiger partial charge >= 0.3 is 5.97 Å². The van der Waals surface area contributed by atoms with Crippen LogP contribution in [0.25, 0.3) is 21.9 Å². The summed E-state index contributed by atoms with van der Waals surface area (Å²) in [5, 5.41) is 9.49. The van der Waals surface area contributed by atoms with Gasteiger partial charge in [0.2, 0.25) is 5.43 Å². The number of aromatic carboxylic acids is 1. The molecule has 1 aromatic heterocycles. The standard InChI is InChI=1S/C20H18O6/c1-3-7-25-12-9-13(16(21)4-2)19-15(10-12)18(22)14-8-11(20(23)24)5-6-17(14)26-19/h5-6,8-10H,3-4,7H2,1-2H3,(H,23,24). The molecule has 26 heavy (non-hydrogen) atoms. The van der Waals surface area contributed by atoms with Crippen LogP contribution in [0.3, 0.4) is 0 Å². The van der Waals surface area contributed by atoms with Gasteiger partial charge in [0.1, 0.15) is 16.9 Å². The molecular formula is C20H18O6. The number of hydrogen-bond donors (Lipinski definition) is 1. The summed E-state index contributed by atoms with van der Waals surface area (Å²) in [7, 11) is 0. The molecule has 0 unspecified atom stereocenters. The Hall–Kier alpha value is -3.15. The van der Waals surface area contributed by atoms with Crippen molar-refractivity contribution in [3.8, 4) is 5.75 Å². The van der Waals surface area contributed by atoms with Gasteiger partial charge in [0.25, 0.3) is 0 Å². The molecule has 0 bridgehead atoms. The van der Waals surface area contributed by atoms with E-state index >= 15 is 0 Å². The van der Waals surface area contributed by atoms with Gasteiger partial charge in [0, 0.05) is 6.42 Å². The molecule has 0 atom stereocenters. The topological polar surface area (TPSA) is 93.8 Å². The Morgan fingerprint density at radius 3 is 2.54 bits per heavy atom. The molecule has 0 aliphatic carbocycles. The maximum Gasteiger partial charge on any atom is 0.335 e. The van der Waals surface area contributed by atoms with E-state index in [0.717, 1.165) is 6.42 Å². The first kappa shape index (κ1) is 17.7. The van der Waals surface area contributed by atoms with Crippen molar-refractivity contribution in [3.63, 3.8) is 0 Å². The monoisotopic (exact) mass is 354 g/mol. The van der Waals surface area contributed by atoms with Gasteiger partial charge in [-0.15, -0.1) is 0 Å². The Morgan fingerprint density at radius 2 is 1.88 bits per heavy atom. The molecule has 6 nitrogen and oxygen atoms in total. The third-order valence-corrected chi connectivity index (χ3v) is 4.08. The van der Waals surface area contributed by atoms with Crippen LogP contribution in [0.15, 0.2) is 39.5 Å². The van der Waals surface area contributed by atoms with E-state index < -0.39 is 11.4 Å². The molecular weight excluding hydrogens is 336 g/mol. The Bertz CT molecular complexity index is 1080. The fourth-order valence-electron chi connectivity index (χ4n) is 2.77. The Morgan fingerprint density at radius 1 is 1.12 bits per heavy atom. The molecule has 0 spiro atoms. The van der Waals surface area contributed by atoms with E-state index in [1.165, 1.54) is 24.3 Å². The minimum atomic E-state index is -1.13. The molecule has 0 aliphatic heterocycles. The minimum absolute atomic E-state index is 0.00704. The highest BCUT2D eigenvalue weighted by molar-refractivity contribution is 6.08. The number of ketones is 1. The molecule has 0 saturated heterocycles. The number of fused-ring (bicyclic) bond motifs is 2. The van der Waals surface area contributed by atoms with E-state index in [2.05, 4.69) is 0 Å². The lowest BCUT2D eigenvalue weighted by Crippen LogP contribution is -2.08. The van der Waals surface area contributed by atoms with Crippen LogP contribution in [0.5, 0.6) is 5.75 Å². The second kappa shape index (κ2) is 7.00. The van der Waals surface area contributed by atoms with Gasteiger partial charge in [-0.25, -0.2) is 4.79 Å². The number of Topliss-reactive ketones (excluding diaryl/α,β-unsaturated/α-hetero) is 1. The first-order chi connectivity index (χ1) is 12.5. The van der Waals surface area contributed by atoms with E-state index in [4.69, 9.17) is 14.3 Å². The lowest BCUT2D eigenvalue weighted by molar-refractivity contribution is 0.0697. The first-order valence-electron chi connectivity index (χ1n) is 8.40. The third-order valence-electron chi connectivity index (χ3n) is 4.08. The second-order valence-corrected chi connectivity index (χ2v) is 5.92. The molecule has 0 radical (unpaired) electrons. The van der Waals surface area contributed by atoms with Crippen LogP contribution >= 0.6 is 0 Å². The first-order valence-corrected chi connectivity index (χ1v) is 8.40. The van der Waals surface area contributed by atoms with Crippen LogP contribution in [-0.4, -0.2) is 23.5 Å². The lowest BCUT2D eigenvalue weighted by Gasteiger charge is -2.10. The molecule has 6 heteroatoms. The summed E-state index contributed by atoms with van der Waals surface area (Å²) < 4.78 is 11.4. The van der Waals surface area contributed by atoms with Crippen molar-refractivity contribution in [2.24, 2.45) is 0 Å².